The van der Waals surface area contributed by atoms with E-state index in [1.807, 2.05) is 6.92 Å². The summed E-state index contributed by atoms with van der Waals surface area (Å²) in [7, 11) is 0. The zero-order valence-electron chi connectivity index (χ0n) is 21.4. The standard InChI is InChI=1S/C26H36FN7O2/c1-17-13-20(25(35)36)15-28-24(17)32-11-12-33(19(3)16-32)23-14-22(31-9-6-21(27)7-10-31)29-26(30-23)34-8-4-5-18(34)2/h13-15,18-19,21H,4-12,16H2,1-3H3,(H,35,36). The van der Waals surface area contributed by atoms with Gasteiger partial charge >= 0.3 is 5.97 Å². The van der Waals surface area contributed by atoms with Crippen molar-refractivity contribution in [2.75, 3.05) is 58.9 Å². The van der Waals surface area contributed by atoms with E-state index in [9.17, 15) is 14.3 Å². The van der Waals surface area contributed by atoms with Crippen LogP contribution in [-0.4, -0.2) is 83.6 Å². The van der Waals surface area contributed by atoms with E-state index in [2.05, 4.69) is 44.5 Å². The van der Waals surface area contributed by atoms with Gasteiger partial charge in [-0.05, 0) is 58.1 Å². The van der Waals surface area contributed by atoms with Crippen molar-refractivity contribution in [1.29, 1.82) is 0 Å². The first-order valence-electron chi connectivity index (χ1n) is 13.1. The lowest BCUT2D eigenvalue weighted by Gasteiger charge is -2.42. The first-order chi connectivity index (χ1) is 17.3. The number of nitrogens with zero attached hydrogens (tertiary/aromatic N) is 7. The van der Waals surface area contributed by atoms with E-state index in [0.29, 0.717) is 32.0 Å². The minimum Gasteiger partial charge on any atom is -0.478 e. The van der Waals surface area contributed by atoms with E-state index in [1.165, 1.54) is 6.20 Å². The van der Waals surface area contributed by atoms with Crippen molar-refractivity contribution in [3.05, 3.63) is 29.5 Å². The van der Waals surface area contributed by atoms with Gasteiger partial charge in [-0.1, -0.05) is 0 Å². The third kappa shape index (κ3) is 4.90. The van der Waals surface area contributed by atoms with E-state index >= 15 is 0 Å². The maximum atomic E-state index is 13.8. The SMILES string of the molecule is Cc1cc(C(=O)O)cnc1N1CCN(c2cc(N3CCC(F)CC3)nc(N3CCCC3C)n2)C(C)C1. The van der Waals surface area contributed by atoms with Gasteiger partial charge in [0.25, 0.3) is 0 Å². The molecule has 5 heterocycles. The second-order valence-electron chi connectivity index (χ2n) is 10.4. The number of piperazine rings is 1. The largest absolute Gasteiger partial charge is 0.478 e. The van der Waals surface area contributed by atoms with Crippen molar-refractivity contribution in [3.63, 3.8) is 0 Å². The molecule has 0 aliphatic carbocycles. The number of aromatic carboxylic acids is 1. The van der Waals surface area contributed by atoms with Crippen LogP contribution in [0, 0.1) is 6.92 Å². The highest BCUT2D eigenvalue weighted by Gasteiger charge is 2.30. The highest BCUT2D eigenvalue weighted by atomic mass is 19.1. The van der Waals surface area contributed by atoms with E-state index < -0.39 is 12.1 Å². The predicted octanol–water partition coefficient (Wildman–Crippen LogP) is 3.52. The smallest absolute Gasteiger partial charge is 0.337 e. The molecule has 0 radical (unpaired) electrons. The number of hydrogen-bond donors (Lipinski definition) is 1. The summed E-state index contributed by atoms with van der Waals surface area (Å²) in [5, 5.41) is 9.26. The molecule has 3 fully saturated rings. The Balaban J connectivity index is 1.39. The van der Waals surface area contributed by atoms with E-state index in [4.69, 9.17) is 9.97 Å². The minimum atomic E-state index is -0.964. The number of carboxylic acids is 1. The van der Waals surface area contributed by atoms with E-state index in [1.54, 1.807) is 6.07 Å². The molecule has 2 atom stereocenters. The summed E-state index contributed by atoms with van der Waals surface area (Å²) in [6.45, 7) is 10.9. The van der Waals surface area contributed by atoms with Gasteiger partial charge in [-0.15, -0.1) is 0 Å². The van der Waals surface area contributed by atoms with Gasteiger partial charge in [-0.25, -0.2) is 14.2 Å². The molecule has 5 rings (SSSR count). The average Bonchev–Trinajstić information content (AvgIpc) is 3.30. The quantitative estimate of drug-likeness (QED) is 0.666. The number of anilines is 4. The normalized spacial score (nSPS) is 23.4. The molecule has 2 unspecified atom stereocenters. The molecule has 194 valence electrons. The summed E-state index contributed by atoms with van der Waals surface area (Å²) in [5.74, 6) is 2.43. The minimum absolute atomic E-state index is 0.169. The lowest BCUT2D eigenvalue weighted by molar-refractivity contribution is 0.0696. The first kappa shape index (κ1) is 24.5. The van der Waals surface area contributed by atoms with Crippen LogP contribution in [-0.2, 0) is 0 Å². The second-order valence-corrected chi connectivity index (χ2v) is 10.4. The Hall–Kier alpha value is -3.17. The number of piperidine rings is 1. The Kier molecular flexibility index (Phi) is 6.85. The van der Waals surface area contributed by atoms with Crippen molar-refractivity contribution in [1.82, 2.24) is 15.0 Å². The summed E-state index contributed by atoms with van der Waals surface area (Å²) >= 11 is 0. The zero-order valence-corrected chi connectivity index (χ0v) is 21.4. The molecule has 3 saturated heterocycles. The summed E-state index contributed by atoms with van der Waals surface area (Å²) in [5.41, 5.74) is 1.07. The summed E-state index contributed by atoms with van der Waals surface area (Å²) < 4.78 is 13.8. The van der Waals surface area contributed by atoms with E-state index in [0.717, 1.165) is 68.0 Å². The number of alkyl halides is 1. The number of halogens is 1. The maximum Gasteiger partial charge on any atom is 0.337 e. The molecule has 0 aromatic carbocycles. The van der Waals surface area contributed by atoms with Crippen molar-refractivity contribution in [2.24, 2.45) is 0 Å². The van der Waals surface area contributed by atoms with Crippen LogP contribution in [0.15, 0.2) is 18.3 Å². The average molecular weight is 498 g/mol. The number of aromatic nitrogens is 3. The van der Waals surface area contributed by atoms with Gasteiger partial charge in [0.05, 0.1) is 5.56 Å². The zero-order chi connectivity index (χ0) is 25.4. The second kappa shape index (κ2) is 10.1. The Bertz CT molecular complexity index is 1110. The summed E-state index contributed by atoms with van der Waals surface area (Å²) in [6, 6.07) is 4.33. The topological polar surface area (TPSA) is 88.9 Å². The van der Waals surface area contributed by atoms with Gasteiger partial charge in [-0.2, -0.15) is 9.97 Å². The van der Waals surface area contributed by atoms with Crippen molar-refractivity contribution < 1.29 is 14.3 Å². The number of carboxylic acid groups (broad SMARTS) is 1. The van der Waals surface area contributed by atoms with Crippen molar-refractivity contribution in [2.45, 2.75) is 64.7 Å². The van der Waals surface area contributed by atoms with Crippen LogP contribution >= 0.6 is 0 Å². The van der Waals surface area contributed by atoms with Crippen molar-refractivity contribution in [3.8, 4) is 0 Å². The Morgan fingerprint density at radius 3 is 2.33 bits per heavy atom. The molecule has 0 saturated carbocycles. The molecular formula is C26H36FN7O2. The molecule has 9 nitrogen and oxygen atoms in total. The molecule has 3 aliphatic rings. The summed E-state index contributed by atoms with van der Waals surface area (Å²) in [4.78, 5) is 34.8. The van der Waals surface area contributed by atoms with Crippen LogP contribution < -0.4 is 19.6 Å². The van der Waals surface area contributed by atoms with Crippen LogP contribution in [0.25, 0.3) is 0 Å². The first-order valence-corrected chi connectivity index (χ1v) is 13.1. The Morgan fingerprint density at radius 2 is 1.69 bits per heavy atom. The molecule has 36 heavy (non-hydrogen) atoms. The van der Waals surface area contributed by atoms with Crippen molar-refractivity contribution >= 4 is 29.4 Å². The molecule has 2 aromatic rings. The van der Waals surface area contributed by atoms with Gasteiger partial charge < -0.3 is 24.7 Å². The van der Waals surface area contributed by atoms with Crippen LogP contribution in [0.3, 0.4) is 0 Å². The monoisotopic (exact) mass is 497 g/mol. The van der Waals surface area contributed by atoms with Gasteiger partial charge in [0, 0.05) is 63.6 Å². The molecular weight excluding hydrogens is 461 g/mol. The van der Waals surface area contributed by atoms with Gasteiger partial charge in [0.1, 0.15) is 23.6 Å². The van der Waals surface area contributed by atoms with Crippen LogP contribution in [0.1, 0.15) is 55.5 Å². The van der Waals surface area contributed by atoms with Crippen LogP contribution in [0.4, 0.5) is 27.8 Å². The fourth-order valence-corrected chi connectivity index (χ4v) is 5.66. The molecule has 0 spiro atoms. The number of aryl methyl sites for hydroxylation is 1. The lowest BCUT2D eigenvalue weighted by atomic mass is 10.1. The number of pyridine rings is 1. The highest BCUT2D eigenvalue weighted by molar-refractivity contribution is 5.87. The molecule has 0 amide bonds. The van der Waals surface area contributed by atoms with Gasteiger partial charge in [-0.3, -0.25) is 0 Å². The fraction of sp³-hybridized carbons (Fsp3) is 0.615. The molecule has 10 heteroatoms. The van der Waals surface area contributed by atoms with Gasteiger partial charge in [0.2, 0.25) is 5.95 Å². The maximum absolute atomic E-state index is 13.8. The molecule has 0 bridgehead atoms. The molecule has 3 aliphatic heterocycles. The fourth-order valence-electron chi connectivity index (χ4n) is 5.66. The van der Waals surface area contributed by atoms with Crippen LogP contribution in [0.2, 0.25) is 0 Å². The lowest BCUT2D eigenvalue weighted by Crippen LogP contribution is -2.53. The molecule has 1 N–H and O–H groups in total. The van der Waals surface area contributed by atoms with Crippen LogP contribution in [0.5, 0.6) is 0 Å². The third-order valence-electron chi connectivity index (χ3n) is 7.76. The highest BCUT2D eigenvalue weighted by Crippen LogP contribution is 2.31. The van der Waals surface area contributed by atoms with E-state index in [-0.39, 0.29) is 11.6 Å². The van der Waals surface area contributed by atoms with Gasteiger partial charge in [0.15, 0.2) is 0 Å². The molecule has 2 aromatic heterocycles. The third-order valence-corrected chi connectivity index (χ3v) is 7.76. The number of rotatable bonds is 5. The Labute approximate surface area is 211 Å². The number of carbonyl (C=O) groups is 1. The summed E-state index contributed by atoms with van der Waals surface area (Å²) in [6.07, 6.45) is 4.06. The number of hydrogen-bond acceptors (Lipinski definition) is 8. The Morgan fingerprint density at radius 1 is 0.944 bits per heavy atom. The predicted molar refractivity (Wildman–Crippen MR) is 139 cm³/mol.